The van der Waals surface area contributed by atoms with Gasteiger partial charge in [0.15, 0.2) is 0 Å². The topological polar surface area (TPSA) is 50.6 Å². The zero-order chi connectivity index (χ0) is 18.0. The molecule has 2 aliphatic heterocycles. The van der Waals surface area contributed by atoms with E-state index in [1.165, 1.54) is 19.1 Å². The maximum Gasteiger partial charge on any atom is 0.409 e. The first-order valence-corrected chi connectivity index (χ1v) is 9.32. The number of nitrogens with zero attached hydrogens (tertiary/aromatic N) is 4. The zero-order valence-electron chi connectivity index (χ0n) is 15.3. The number of benzene rings is 1. The number of carbonyl (C=O) groups is 1. The van der Waals surface area contributed by atoms with Gasteiger partial charge in [-0.2, -0.15) is 5.10 Å². The average Bonchev–Trinajstić information content (AvgIpc) is 3.32. The van der Waals surface area contributed by atoms with Gasteiger partial charge in [0.2, 0.25) is 0 Å². The molecule has 2 aromatic rings. The van der Waals surface area contributed by atoms with E-state index in [0.717, 1.165) is 51.3 Å². The average molecular weight is 354 g/mol. The van der Waals surface area contributed by atoms with Crippen LogP contribution in [0.2, 0.25) is 0 Å². The standard InChI is InChI=1S/C20H26N4O2/c1-26-19(25)23-10-3-7-20(16-23)8-12-22(15-20)14-17-5-2-6-18(13-17)24-11-4-9-21-24/h2,4-6,9,11,13H,3,7-8,10,12,14-16H2,1H3/t20-/m0/s1. The van der Waals surface area contributed by atoms with Gasteiger partial charge in [-0.1, -0.05) is 12.1 Å². The summed E-state index contributed by atoms with van der Waals surface area (Å²) in [6, 6.07) is 10.5. The van der Waals surface area contributed by atoms with Gasteiger partial charge in [-0.05, 0) is 49.6 Å². The molecule has 1 aromatic carbocycles. The van der Waals surface area contributed by atoms with Crippen molar-refractivity contribution in [2.24, 2.45) is 5.41 Å². The lowest BCUT2D eigenvalue weighted by Crippen LogP contribution is -2.47. The van der Waals surface area contributed by atoms with Crippen molar-refractivity contribution in [2.45, 2.75) is 25.8 Å². The monoisotopic (exact) mass is 354 g/mol. The minimum atomic E-state index is -0.186. The van der Waals surface area contributed by atoms with Gasteiger partial charge >= 0.3 is 6.09 Å². The van der Waals surface area contributed by atoms with Gasteiger partial charge in [0.05, 0.1) is 12.8 Å². The van der Waals surface area contributed by atoms with E-state index < -0.39 is 0 Å². The molecule has 1 amide bonds. The van der Waals surface area contributed by atoms with Crippen molar-refractivity contribution in [1.29, 1.82) is 0 Å². The van der Waals surface area contributed by atoms with Crippen molar-refractivity contribution in [1.82, 2.24) is 19.6 Å². The van der Waals surface area contributed by atoms with E-state index in [0.29, 0.717) is 0 Å². The molecule has 1 spiro atoms. The third kappa shape index (κ3) is 3.46. The molecule has 2 aliphatic rings. The van der Waals surface area contributed by atoms with Crippen LogP contribution >= 0.6 is 0 Å². The molecule has 3 heterocycles. The van der Waals surface area contributed by atoms with Crippen molar-refractivity contribution in [3.8, 4) is 5.69 Å². The summed E-state index contributed by atoms with van der Waals surface area (Å²) in [5, 5.41) is 4.31. The molecule has 1 aromatic heterocycles. The second-order valence-electron chi connectivity index (χ2n) is 7.58. The second-order valence-corrected chi connectivity index (χ2v) is 7.58. The van der Waals surface area contributed by atoms with E-state index in [1.54, 1.807) is 6.20 Å². The number of carbonyl (C=O) groups excluding carboxylic acids is 1. The number of hydrogen-bond acceptors (Lipinski definition) is 4. The van der Waals surface area contributed by atoms with Gasteiger partial charge in [0.1, 0.15) is 0 Å². The highest BCUT2D eigenvalue weighted by Gasteiger charge is 2.42. The van der Waals surface area contributed by atoms with E-state index in [9.17, 15) is 4.79 Å². The Kier molecular flexibility index (Phi) is 4.68. The minimum Gasteiger partial charge on any atom is -0.453 e. The van der Waals surface area contributed by atoms with E-state index in [4.69, 9.17) is 4.74 Å². The van der Waals surface area contributed by atoms with E-state index in [-0.39, 0.29) is 11.5 Å². The Hall–Kier alpha value is -2.34. The number of aromatic nitrogens is 2. The summed E-state index contributed by atoms with van der Waals surface area (Å²) in [4.78, 5) is 16.3. The maximum atomic E-state index is 11.9. The van der Waals surface area contributed by atoms with E-state index in [2.05, 4.69) is 34.3 Å². The molecule has 6 nitrogen and oxygen atoms in total. The molecule has 2 fully saturated rings. The molecule has 0 saturated carbocycles. The Morgan fingerprint density at radius 1 is 1.23 bits per heavy atom. The van der Waals surface area contributed by atoms with Crippen LogP contribution in [0.5, 0.6) is 0 Å². The Balaban J connectivity index is 1.42. The van der Waals surface area contributed by atoms with Crippen LogP contribution in [-0.4, -0.2) is 59.0 Å². The number of rotatable bonds is 3. The molecule has 0 bridgehead atoms. The zero-order valence-corrected chi connectivity index (χ0v) is 15.3. The van der Waals surface area contributed by atoms with Crippen molar-refractivity contribution in [2.75, 3.05) is 33.3 Å². The van der Waals surface area contributed by atoms with Crippen LogP contribution < -0.4 is 0 Å². The number of likely N-dealkylation sites (tertiary alicyclic amines) is 2. The first kappa shape index (κ1) is 17.1. The summed E-state index contributed by atoms with van der Waals surface area (Å²) in [6.45, 7) is 4.71. The Morgan fingerprint density at radius 3 is 2.96 bits per heavy atom. The van der Waals surface area contributed by atoms with Gasteiger partial charge in [-0.3, -0.25) is 4.90 Å². The molecule has 0 radical (unpaired) electrons. The molecular formula is C20H26N4O2. The predicted molar refractivity (Wildman–Crippen MR) is 99.1 cm³/mol. The number of methoxy groups -OCH3 is 1. The van der Waals surface area contributed by atoms with Gasteiger partial charge in [-0.15, -0.1) is 0 Å². The number of amides is 1. The molecule has 0 N–H and O–H groups in total. The Bertz CT molecular complexity index is 761. The first-order chi connectivity index (χ1) is 12.7. The summed E-state index contributed by atoms with van der Waals surface area (Å²) in [6.07, 6.45) is 7.00. The smallest absolute Gasteiger partial charge is 0.409 e. The molecule has 2 saturated heterocycles. The summed E-state index contributed by atoms with van der Waals surface area (Å²) >= 11 is 0. The van der Waals surface area contributed by atoms with Gasteiger partial charge < -0.3 is 9.64 Å². The quantitative estimate of drug-likeness (QED) is 0.850. The fraction of sp³-hybridized carbons (Fsp3) is 0.500. The fourth-order valence-electron chi connectivity index (χ4n) is 4.47. The lowest BCUT2D eigenvalue weighted by atomic mass is 9.79. The normalized spacial score (nSPS) is 23.5. The van der Waals surface area contributed by atoms with E-state index >= 15 is 0 Å². The van der Waals surface area contributed by atoms with Crippen molar-refractivity contribution in [3.63, 3.8) is 0 Å². The van der Waals surface area contributed by atoms with Crippen molar-refractivity contribution >= 4 is 6.09 Å². The van der Waals surface area contributed by atoms with Gasteiger partial charge in [-0.25, -0.2) is 9.48 Å². The van der Waals surface area contributed by atoms with Gasteiger partial charge in [0.25, 0.3) is 0 Å². The summed E-state index contributed by atoms with van der Waals surface area (Å²) in [7, 11) is 1.47. The summed E-state index contributed by atoms with van der Waals surface area (Å²) in [5.74, 6) is 0. The highest BCUT2D eigenvalue weighted by molar-refractivity contribution is 5.67. The summed E-state index contributed by atoms with van der Waals surface area (Å²) in [5.41, 5.74) is 2.62. The molecular weight excluding hydrogens is 328 g/mol. The number of hydrogen-bond donors (Lipinski definition) is 0. The molecule has 1 atom stereocenters. The van der Waals surface area contributed by atoms with Crippen LogP contribution in [0.4, 0.5) is 4.79 Å². The third-order valence-corrected chi connectivity index (χ3v) is 5.70. The minimum absolute atomic E-state index is 0.186. The highest BCUT2D eigenvalue weighted by Crippen LogP contribution is 2.39. The second kappa shape index (κ2) is 7.11. The maximum absolute atomic E-state index is 11.9. The fourth-order valence-corrected chi connectivity index (χ4v) is 4.47. The molecule has 6 heteroatoms. The molecule has 0 aliphatic carbocycles. The lowest BCUT2D eigenvalue weighted by molar-refractivity contribution is 0.0690. The third-order valence-electron chi connectivity index (χ3n) is 5.70. The SMILES string of the molecule is COC(=O)N1CCC[C@@]2(CCN(Cc3cccc(-n4cccn4)c3)C2)C1. The van der Waals surface area contributed by atoms with Crippen LogP contribution in [0.1, 0.15) is 24.8 Å². The Morgan fingerprint density at radius 2 is 2.15 bits per heavy atom. The lowest BCUT2D eigenvalue weighted by Gasteiger charge is -2.39. The van der Waals surface area contributed by atoms with Crippen LogP contribution in [0.25, 0.3) is 5.69 Å². The molecule has 4 rings (SSSR count). The van der Waals surface area contributed by atoms with Crippen molar-refractivity contribution < 1.29 is 9.53 Å². The highest BCUT2D eigenvalue weighted by atomic mass is 16.5. The van der Waals surface area contributed by atoms with Crippen LogP contribution in [0.15, 0.2) is 42.7 Å². The first-order valence-electron chi connectivity index (χ1n) is 9.32. The Labute approximate surface area is 154 Å². The van der Waals surface area contributed by atoms with Crippen LogP contribution in [0, 0.1) is 5.41 Å². The predicted octanol–water partition coefficient (Wildman–Crippen LogP) is 2.93. The van der Waals surface area contributed by atoms with Crippen molar-refractivity contribution in [3.05, 3.63) is 48.3 Å². The molecule has 0 unspecified atom stereocenters. The summed E-state index contributed by atoms with van der Waals surface area (Å²) < 4.78 is 6.82. The largest absolute Gasteiger partial charge is 0.453 e. The van der Waals surface area contributed by atoms with E-state index in [1.807, 2.05) is 21.8 Å². The number of piperidine rings is 1. The number of ether oxygens (including phenoxy) is 1. The van der Waals surface area contributed by atoms with Crippen LogP contribution in [-0.2, 0) is 11.3 Å². The van der Waals surface area contributed by atoms with Gasteiger partial charge in [0, 0.05) is 44.0 Å². The molecule has 26 heavy (non-hydrogen) atoms. The molecule has 138 valence electrons. The van der Waals surface area contributed by atoms with Crippen LogP contribution in [0.3, 0.4) is 0 Å².